The Morgan fingerprint density at radius 1 is 1.26 bits per heavy atom. The molecule has 3 rings (SSSR count). The molecule has 1 atom stereocenters. The molecule has 1 aromatic rings. The van der Waals surface area contributed by atoms with Gasteiger partial charge in [0, 0.05) is 31.2 Å². The van der Waals surface area contributed by atoms with Crippen LogP contribution in [0.4, 0.5) is 0 Å². The smallest absolute Gasteiger partial charge is 0.254 e. The molecule has 2 aliphatic rings. The molecular weight excluding hydrogens is 312 g/mol. The van der Waals surface area contributed by atoms with E-state index in [1.165, 1.54) is 5.56 Å². The summed E-state index contributed by atoms with van der Waals surface area (Å²) in [7, 11) is 2.03. The zero-order valence-corrected chi connectivity index (χ0v) is 14.4. The van der Waals surface area contributed by atoms with Crippen LogP contribution in [0, 0.1) is 5.92 Å². The highest BCUT2D eigenvalue weighted by atomic mass is 35.5. The Balaban J connectivity index is 1.56. The monoisotopic (exact) mass is 336 g/mol. The Morgan fingerprint density at radius 2 is 1.91 bits per heavy atom. The van der Waals surface area contributed by atoms with Crippen molar-refractivity contribution >= 4 is 17.5 Å². The Kier molecular flexibility index (Phi) is 4.95. The van der Waals surface area contributed by atoms with Gasteiger partial charge in [-0.05, 0) is 56.3 Å². The van der Waals surface area contributed by atoms with Crippen LogP contribution in [0.3, 0.4) is 0 Å². The summed E-state index contributed by atoms with van der Waals surface area (Å²) in [5.41, 5.74) is 0.105. The number of likely N-dealkylation sites (tertiary alicyclic amines) is 2. The van der Waals surface area contributed by atoms with E-state index < -0.39 is 5.60 Å². The second-order valence-electron chi connectivity index (χ2n) is 7.07. The molecule has 0 saturated carbocycles. The molecule has 1 amide bonds. The van der Waals surface area contributed by atoms with E-state index in [0.717, 1.165) is 44.0 Å². The van der Waals surface area contributed by atoms with E-state index in [2.05, 4.69) is 17.0 Å². The number of nitrogens with zero attached hydrogens (tertiary/aromatic N) is 2. The predicted molar refractivity (Wildman–Crippen MR) is 91.5 cm³/mol. The fourth-order valence-corrected chi connectivity index (χ4v) is 3.76. The fraction of sp³-hybridized carbons (Fsp3) is 0.611. The second kappa shape index (κ2) is 6.80. The molecular formula is C18H25ClN2O2. The average molecular weight is 337 g/mol. The predicted octanol–water partition coefficient (Wildman–Crippen LogP) is 2.19. The van der Waals surface area contributed by atoms with Crippen molar-refractivity contribution in [2.24, 2.45) is 5.92 Å². The quantitative estimate of drug-likeness (QED) is 0.920. The van der Waals surface area contributed by atoms with E-state index in [4.69, 9.17) is 11.6 Å². The second-order valence-corrected chi connectivity index (χ2v) is 7.51. The summed E-state index contributed by atoms with van der Waals surface area (Å²) in [5.74, 6) is 0.402. The average Bonchev–Trinajstić information content (AvgIpc) is 3.00. The molecule has 0 spiro atoms. The number of carbonyl (C=O) groups excluding carboxylic acids is 1. The highest BCUT2D eigenvalue weighted by Gasteiger charge is 2.42. The van der Waals surface area contributed by atoms with Crippen LogP contribution in [-0.4, -0.2) is 59.6 Å². The molecule has 1 unspecified atom stereocenters. The first-order valence-electron chi connectivity index (χ1n) is 8.41. The molecule has 126 valence electrons. The number of hydrogen-bond acceptors (Lipinski definition) is 3. The van der Waals surface area contributed by atoms with Gasteiger partial charge in [-0.3, -0.25) is 4.79 Å². The highest BCUT2D eigenvalue weighted by molar-refractivity contribution is 6.30. The van der Waals surface area contributed by atoms with Crippen LogP contribution in [0.5, 0.6) is 0 Å². The lowest BCUT2D eigenvalue weighted by atomic mass is 9.90. The van der Waals surface area contributed by atoms with Crippen LogP contribution in [0.2, 0.25) is 5.02 Å². The van der Waals surface area contributed by atoms with E-state index >= 15 is 0 Å². The van der Waals surface area contributed by atoms with E-state index in [1.54, 1.807) is 0 Å². The van der Waals surface area contributed by atoms with Crippen LogP contribution in [0.15, 0.2) is 24.3 Å². The van der Waals surface area contributed by atoms with Gasteiger partial charge in [-0.2, -0.15) is 0 Å². The highest BCUT2D eigenvalue weighted by Crippen LogP contribution is 2.28. The number of benzene rings is 1. The first-order valence-corrected chi connectivity index (χ1v) is 8.79. The molecule has 2 aliphatic heterocycles. The number of hydrogen-bond donors (Lipinski definition) is 1. The molecule has 2 saturated heterocycles. The van der Waals surface area contributed by atoms with Gasteiger partial charge in [-0.1, -0.05) is 23.7 Å². The maximum Gasteiger partial charge on any atom is 0.254 e. The van der Waals surface area contributed by atoms with Gasteiger partial charge < -0.3 is 14.9 Å². The molecule has 4 nitrogen and oxygen atoms in total. The molecule has 0 radical (unpaired) electrons. The van der Waals surface area contributed by atoms with Crippen LogP contribution in [0.1, 0.15) is 24.8 Å². The van der Waals surface area contributed by atoms with Crippen molar-refractivity contribution in [3.8, 4) is 0 Å². The molecule has 0 aliphatic carbocycles. The maximum atomic E-state index is 12.7. The summed E-state index contributed by atoms with van der Waals surface area (Å²) < 4.78 is 0. The topological polar surface area (TPSA) is 43.8 Å². The Labute approximate surface area is 143 Å². The molecule has 0 bridgehead atoms. The van der Waals surface area contributed by atoms with Gasteiger partial charge in [0.15, 0.2) is 0 Å². The zero-order chi connectivity index (χ0) is 16.4. The van der Waals surface area contributed by atoms with Crippen LogP contribution >= 0.6 is 11.6 Å². The van der Waals surface area contributed by atoms with E-state index in [0.29, 0.717) is 18.8 Å². The third-order valence-corrected chi connectivity index (χ3v) is 5.47. The minimum atomic E-state index is -1.15. The van der Waals surface area contributed by atoms with Crippen molar-refractivity contribution < 1.29 is 9.90 Å². The van der Waals surface area contributed by atoms with Crippen molar-refractivity contribution in [3.63, 3.8) is 0 Å². The van der Waals surface area contributed by atoms with Crippen LogP contribution in [0.25, 0.3) is 0 Å². The summed E-state index contributed by atoms with van der Waals surface area (Å²) in [4.78, 5) is 16.7. The van der Waals surface area contributed by atoms with E-state index in [9.17, 15) is 9.90 Å². The fourth-order valence-electron chi connectivity index (χ4n) is 3.63. The Morgan fingerprint density at radius 3 is 2.57 bits per heavy atom. The third-order valence-electron chi connectivity index (χ3n) is 5.22. The van der Waals surface area contributed by atoms with Crippen molar-refractivity contribution in [1.82, 2.24) is 9.80 Å². The normalized spacial score (nSPS) is 24.8. The zero-order valence-electron chi connectivity index (χ0n) is 13.7. The van der Waals surface area contributed by atoms with Gasteiger partial charge >= 0.3 is 0 Å². The lowest BCUT2D eigenvalue weighted by Crippen LogP contribution is -2.53. The molecule has 1 N–H and O–H groups in total. The van der Waals surface area contributed by atoms with Crippen molar-refractivity contribution in [3.05, 3.63) is 34.9 Å². The minimum absolute atomic E-state index is 0.0655. The van der Waals surface area contributed by atoms with Gasteiger partial charge in [-0.25, -0.2) is 0 Å². The summed E-state index contributed by atoms with van der Waals surface area (Å²) in [6, 6.07) is 7.93. The molecule has 5 heteroatoms. The lowest BCUT2D eigenvalue weighted by molar-refractivity contribution is -0.155. The van der Waals surface area contributed by atoms with E-state index in [1.807, 2.05) is 24.1 Å². The molecule has 23 heavy (non-hydrogen) atoms. The SMILES string of the molecule is CN1CCC(O)(C(=O)N2CCC(Cc3ccc(Cl)cc3)C2)CC1. The number of carbonyl (C=O) groups is 1. The largest absolute Gasteiger partial charge is 0.380 e. The summed E-state index contributed by atoms with van der Waals surface area (Å²) in [5, 5.41) is 11.4. The number of amides is 1. The number of rotatable bonds is 3. The Bertz CT molecular complexity index is 553. The van der Waals surface area contributed by atoms with Gasteiger partial charge in [0.05, 0.1) is 0 Å². The molecule has 2 fully saturated rings. The van der Waals surface area contributed by atoms with E-state index in [-0.39, 0.29) is 5.91 Å². The minimum Gasteiger partial charge on any atom is -0.380 e. The molecule has 2 heterocycles. The van der Waals surface area contributed by atoms with Gasteiger partial charge in [0.1, 0.15) is 5.60 Å². The first-order chi connectivity index (χ1) is 11.0. The first kappa shape index (κ1) is 16.7. The van der Waals surface area contributed by atoms with Crippen molar-refractivity contribution in [1.29, 1.82) is 0 Å². The summed E-state index contributed by atoms with van der Waals surface area (Å²) in [6.07, 6.45) is 3.05. The molecule has 0 aromatic heterocycles. The Hall–Kier alpha value is -1.10. The standard InChI is InChI=1S/C18H25ClN2O2/c1-20-10-7-18(23,8-11-20)17(22)21-9-6-15(13-21)12-14-2-4-16(19)5-3-14/h2-5,15,23H,6-13H2,1H3. The maximum absolute atomic E-state index is 12.7. The van der Waals surface area contributed by atoms with Gasteiger partial charge in [-0.15, -0.1) is 0 Å². The van der Waals surface area contributed by atoms with Crippen molar-refractivity contribution in [2.45, 2.75) is 31.3 Å². The lowest BCUT2D eigenvalue weighted by Gasteiger charge is -2.37. The van der Waals surface area contributed by atoms with Crippen LogP contribution in [-0.2, 0) is 11.2 Å². The summed E-state index contributed by atoms with van der Waals surface area (Å²) >= 11 is 5.92. The van der Waals surface area contributed by atoms with Gasteiger partial charge in [0.25, 0.3) is 5.91 Å². The van der Waals surface area contributed by atoms with Gasteiger partial charge in [0.2, 0.25) is 0 Å². The van der Waals surface area contributed by atoms with Crippen LogP contribution < -0.4 is 0 Å². The summed E-state index contributed by atoms with van der Waals surface area (Å²) in [6.45, 7) is 3.07. The van der Waals surface area contributed by atoms with Crippen molar-refractivity contribution in [2.75, 3.05) is 33.2 Å². The number of halogens is 1. The number of aliphatic hydroxyl groups is 1. The molecule has 1 aromatic carbocycles. The third kappa shape index (κ3) is 3.87. The number of piperidine rings is 1.